The van der Waals surface area contributed by atoms with E-state index in [9.17, 15) is 14.4 Å². The molecule has 2 aromatic heterocycles. The Kier molecular flexibility index (Phi) is 6.02. The van der Waals surface area contributed by atoms with Gasteiger partial charge in [0.2, 0.25) is 0 Å². The van der Waals surface area contributed by atoms with Crippen LogP contribution in [0.3, 0.4) is 0 Å². The Hall–Kier alpha value is -3.36. The quantitative estimate of drug-likeness (QED) is 0.322. The molecule has 1 fully saturated rings. The lowest BCUT2D eigenvalue weighted by atomic mass is 10.00. The van der Waals surface area contributed by atoms with Crippen LogP contribution in [0.25, 0.3) is 22.3 Å². The third-order valence-corrected chi connectivity index (χ3v) is 6.67. The molecule has 0 unspecified atom stereocenters. The average Bonchev–Trinajstić information content (AvgIpc) is 3.22. The molecule has 0 N–H and O–H groups in total. The number of hydrogen-bond donors (Lipinski definition) is 0. The molecule has 0 aliphatic carbocycles. The van der Waals surface area contributed by atoms with E-state index in [1.54, 1.807) is 24.5 Å². The number of ketones is 1. The van der Waals surface area contributed by atoms with Crippen LogP contribution in [0.5, 0.6) is 0 Å². The molecule has 0 atom stereocenters. The summed E-state index contributed by atoms with van der Waals surface area (Å²) in [5.74, 6) is -0.361. The fraction of sp³-hybridized carbons (Fsp3) is 0.385. The molecule has 0 amide bonds. The van der Waals surface area contributed by atoms with Gasteiger partial charge < -0.3 is 14.0 Å². The minimum Gasteiger partial charge on any atom is -0.460 e. The molecule has 176 valence electrons. The van der Waals surface area contributed by atoms with E-state index >= 15 is 0 Å². The van der Waals surface area contributed by atoms with Gasteiger partial charge in [0.1, 0.15) is 6.61 Å². The molecular formula is C26H27N3O5. The van der Waals surface area contributed by atoms with Gasteiger partial charge in [0.25, 0.3) is 5.56 Å². The van der Waals surface area contributed by atoms with Crippen molar-refractivity contribution in [1.29, 1.82) is 0 Å². The van der Waals surface area contributed by atoms with Crippen molar-refractivity contribution in [2.24, 2.45) is 0 Å². The van der Waals surface area contributed by atoms with Crippen molar-refractivity contribution in [3.8, 4) is 11.4 Å². The first-order valence-corrected chi connectivity index (χ1v) is 11.6. The van der Waals surface area contributed by atoms with Gasteiger partial charge in [-0.25, -0.2) is 4.98 Å². The second kappa shape index (κ2) is 9.12. The van der Waals surface area contributed by atoms with Gasteiger partial charge in [0.15, 0.2) is 5.78 Å². The molecule has 0 saturated carbocycles. The molecule has 34 heavy (non-hydrogen) atoms. The van der Waals surface area contributed by atoms with Crippen LogP contribution in [-0.4, -0.2) is 59.1 Å². The molecule has 4 heterocycles. The zero-order valence-corrected chi connectivity index (χ0v) is 19.4. The Balaban J connectivity index is 1.53. The van der Waals surface area contributed by atoms with Crippen LogP contribution in [-0.2, 0) is 27.4 Å². The zero-order chi connectivity index (χ0) is 23.8. The third kappa shape index (κ3) is 3.93. The summed E-state index contributed by atoms with van der Waals surface area (Å²) in [6, 6.07) is 9.47. The largest absolute Gasteiger partial charge is 0.460 e. The number of pyridine rings is 2. The zero-order valence-electron chi connectivity index (χ0n) is 19.4. The number of aromatic nitrogens is 2. The number of nitrogens with zero attached hydrogens (tertiary/aromatic N) is 3. The van der Waals surface area contributed by atoms with Crippen LogP contribution in [0.2, 0.25) is 0 Å². The first-order chi connectivity index (χ1) is 16.5. The number of para-hydroxylation sites is 1. The Morgan fingerprint density at radius 2 is 1.94 bits per heavy atom. The standard InChI is InChI=1S/C26H27N3O5/c1-3-23(30)18-12-22-25-19(13-29(22)26(32)16(18)2)20(17-6-4-5-7-21(17)27-25)15-34-24(31)14-28-8-10-33-11-9-28/h4-7,12H,3,8-11,13-15H2,1-2H3. The van der Waals surface area contributed by atoms with Gasteiger partial charge in [0.05, 0.1) is 43.2 Å². The van der Waals surface area contributed by atoms with Crippen LogP contribution < -0.4 is 5.56 Å². The highest BCUT2D eigenvalue weighted by Gasteiger charge is 2.29. The molecule has 1 saturated heterocycles. The summed E-state index contributed by atoms with van der Waals surface area (Å²) in [5.41, 5.74) is 4.47. The van der Waals surface area contributed by atoms with Crippen molar-refractivity contribution in [3.05, 3.63) is 62.9 Å². The molecule has 2 aliphatic heterocycles. The Morgan fingerprint density at radius 3 is 2.71 bits per heavy atom. The number of fused-ring (bicyclic) bond motifs is 4. The summed E-state index contributed by atoms with van der Waals surface area (Å²) in [5, 5.41) is 0.892. The molecular weight excluding hydrogens is 434 g/mol. The number of Topliss-reactive ketones (excluding diaryl/α,β-unsaturated/α-hetero) is 1. The van der Waals surface area contributed by atoms with Crippen molar-refractivity contribution in [1.82, 2.24) is 14.5 Å². The number of morpholine rings is 1. The molecule has 0 radical (unpaired) electrons. The Morgan fingerprint density at radius 1 is 1.18 bits per heavy atom. The lowest BCUT2D eigenvalue weighted by molar-refractivity contribution is -0.147. The maximum absolute atomic E-state index is 13.1. The van der Waals surface area contributed by atoms with Gasteiger partial charge in [-0.15, -0.1) is 0 Å². The van der Waals surface area contributed by atoms with Gasteiger partial charge >= 0.3 is 5.97 Å². The summed E-state index contributed by atoms with van der Waals surface area (Å²) in [6.45, 7) is 6.77. The van der Waals surface area contributed by atoms with E-state index in [1.165, 1.54) is 0 Å². The summed E-state index contributed by atoms with van der Waals surface area (Å²) in [6.07, 6.45) is 0.325. The summed E-state index contributed by atoms with van der Waals surface area (Å²) < 4.78 is 12.7. The normalized spacial score (nSPS) is 15.2. The van der Waals surface area contributed by atoms with E-state index in [1.807, 2.05) is 29.2 Å². The van der Waals surface area contributed by atoms with Crippen LogP contribution in [0, 0.1) is 6.92 Å². The summed E-state index contributed by atoms with van der Waals surface area (Å²) >= 11 is 0. The number of benzene rings is 1. The van der Waals surface area contributed by atoms with Crippen LogP contribution in [0.15, 0.2) is 35.1 Å². The van der Waals surface area contributed by atoms with Crippen LogP contribution in [0.1, 0.15) is 40.4 Å². The van der Waals surface area contributed by atoms with Gasteiger partial charge in [0, 0.05) is 47.2 Å². The smallest absolute Gasteiger partial charge is 0.320 e. The second-order valence-electron chi connectivity index (χ2n) is 8.72. The molecule has 3 aromatic rings. The Labute approximate surface area is 197 Å². The van der Waals surface area contributed by atoms with Gasteiger partial charge in [-0.1, -0.05) is 25.1 Å². The topological polar surface area (TPSA) is 90.7 Å². The summed E-state index contributed by atoms with van der Waals surface area (Å²) in [7, 11) is 0. The second-order valence-corrected chi connectivity index (χ2v) is 8.72. The number of carbonyl (C=O) groups excluding carboxylic acids is 2. The van der Waals surface area contributed by atoms with Gasteiger partial charge in [-0.3, -0.25) is 19.3 Å². The number of esters is 1. The Bertz CT molecular complexity index is 1350. The number of rotatable bonds is 6. The van der Waals surface area contributed by atoms with E-state index in [0.717, 1.165) is 22.0 Å². The monoisotopic (exact) mass is 461 g/mol. The van der Waals surface area contributed by atoms with Crippen molar-refractivity contribution in [2.75, 3.05) is 32.8 Å². The minimum atomic E-state index is -0.295. The van der Waals surface area contributed by atoms with Crippen molar-refractivity contribution in [2.45, 2.75) is 33.4 Å². The minimum absolute atomic E-state index is 0.0653. The van der Waals surface area contributed by atoms with Crippen molar-refractivity contribution >= 4 is 22.7 Å². The predicted octanol–water partition coefficient (Wildman–Crippen LogP) is 2.70. The van der Waals surface area contributed by atoms with Crippen LogP contribution >= 0.6 is 0 Å². The predicted molar refractivity (Wildman–Crippen MR) is 127 cm³/mol. The fourth-order valence-electron chi connectivity index (χ4n) is 4.75. The van der Waals surface area contributed by atoms with Gasteiger partial charge in [-0.2, -0.15) is 0 Å². The first kappa shape index (κ1) is 22.4. The molecule has 8 heteroatoms. The molecule has 0 spiro atoms. The van der Waals surface area contributed by atoms with Gasteiger partial charge in [-0.05, 0) is 19.1 Å². The van der Waals surface area contributed by atoms with E-state index < -0.39 is 0 Å². The maximum Gasteiger partial charge on any atom is 0.320 e. The molecule has 1 aromatic carbocycles. The molecule has 0 bridgehead atoms. The highest BCUT2D eigenvalue weighted by atomic mass is 16.5. The fourth-order valence-corrected chi connectivity index (χ4v) is 4.75. The SMILES string of the molecule is CCC(=O)c1cc2n(c(=O)c1C)Cc1c-2nc2ccccc2c1COC(=O)CN1CCOCC1. The lowest BCUT2D eigenvalue weighted by Crippen LogP contribution is -2.40. The van der Waals surface area contributed by atoms with Crippen molar-refractivity contribution < 1.29 is 19.1 Å². The number of carbonyl (C=O) groups is 2. The molecule has 5 rings (SSSR count). The van der Waals surface area contributed by atoms with E-state index in [2.05, 4.69) is 0 Å². The van der Waals surface area contributed by atoms with Crippen molar-refractivity contribution in [3.63, 3.8) is 0 Å². The van der Waals surface area contributed by atoms with E-state index in [4.69, 9.17) is 14.5 Å². The molecule has 8 nitrogen and oxygen atoms in total. The van der Waals surface area contributed by atoms with E-state index in [-0.39, 0.29) is 30.5 Å². The van der Waals surface area contributed by atoms with Crippen LogP contribution in [0.4, 0.5) is 0 Å². The third-order valence-electron chi connectivity index (χ3n) is 6.67. The highest BCUT2D eigenvalue weighted by molar-refractivity contribution is 5.98. The highest BCUT2D eigenvalue weighted by Crippen LogP contribution is 2.36. The number of ether oxygens (including phenoxy) is 2. The maximum atomic E-state index is 13.1. The summed E-state index contributed by atoms with van der Waals surface area (Å²) in [4.78, 5) is 45.1. The van der Waals surface area contributed by atoms with E-state index in [0.29, 0.717) is 61.8 Å². The molecule has 2 aliphatic rings. The number of hydrogen-bond acceptors (Lipinski definition) is 7. The first-order valence-electron chi connectivity index (χ1n) is 11.6. The average molecular weight is 462 g/mol. The lowest BCUT2D eigenvalue weighted by Gasteiger charge is -2.25.